The number of hydrogen-bond acceptors (Lipinski definition) is 1. The van der Waals surface area contributed by atoms with Crippen LogP contribution < -0.4 is 0 Å². The Morgan fingerprint density at radius 1 is 0.826 bits per heavy atom. The second-order valence-corrected chi connectivity index (χ2v) is 5.96. The van der Waals surface area contributed by atoms with E-state index >= 15 is 0 Å². The first kappa shape index (κ1) is 16.8. The zero-order chi connectivity index (χ0) is 17.6. The Bertz CT molecular complexity index is 553. The molecule has 0 radical (unpaired) electrons. The molecule has 3 aliphatic carbocycles. The topological polar surface area (TPSA) is 9.23 Å². The van der Waals surface area contributed by atoms with Crippen LogP contribution >= 0.6 is 0 Å². The van der Waals surface area contributed by atoms with Crippen LogP contribution in [0.2, 0.25) is 0 Å². The molecule has 0 saturated heterocycles. The van der Waals surface area contributed by atoms with Crippen LogP contribution in [-0.2, 0) is 4.74 Å². The van der Waals surface area contributed by atoms with Crippen molar-refractivity contribution < 1.29 is 48.6 Å². The Labute approximate surface area is 122 Å². The lowest BCUT2D eigenvalue weighted by atomic mass is 9.60. The summed E-state index contributed by atoms with van der Waals surface area (Å²) >= 11 is 0. The zero-order valence-electron chi connectivity index (χ0n) is 10.9. The summed E-state index contributed by atoms with van der Waals surface area (Å²) in [6.45, 7) is 0. The van der Waals surface area contributed by atoms with Crippen molar-refractivity contribution >= 4 is 0 Å². The van der Waals surface area contributed by atoms with Crippen LogP contribution in [0.15, 0.2) is 12.2 Å². The van der Waals surface area contributed by atoms with Crippen LogP contribution in [0.1, 0.15) is 6.42 Å². The van der Waals surface area contributed by atoms with E-state index in [4.69, 9.17) is 0 Å². The van der Waals surface area contributed by atoms with Crippen molar-refractivity contribution in [3.05, 3.63) is 12.2 Å². The fourth-order valence-electron chi connectivity index (χ4n) is 3.73. The van der Waals surface area contributed by atoms with Crippen molar-refractivity contribution in [1.29, 1.82) is 0 Å². The Morgan fingerprint density at radius 2 is 1.30 bits per heavy atom. The summed E-state index contributed by atoms with van der Waals surface area (Å²) < 4.78 is 133. The highest BCUT2D eigenvalue weighted by molar-refractivity contribution is 5.28. The number of rotatable bonds is 3. The van der Waals surface area contributed by atoms with Gasteiger partial charge in [0.05, 0.1) is 0 Å². The van der Waals surface area contributed by atoms with E-state index in [9.17, 15) is 43.9 Å². The first-order valence-corrected chi connectivity index (χ1v) is 6.44. The van der Waals surface area contributed by atoms with E-state index < -0.39 is 53.7 Å². The first-order chi connectivity index (χ1) is 10.2. The average molecular weight is 358 g/mol. The van der Waals surface area contributed by atoms with Crippen molar-refractivity contribution in [1.82, 2.24) is 0 Å². The first-order valence-electron chi connectivity index (χ1n) is 6.44. The maximum Gasteiger partial charge on any atom is 0.462 e. The Morgan fingerprint density at radius 3 is 1.78 bits per heavy atom. The second kappa shape index (κ2) is 4.15. The summed E-state index contributed by atoms with van der Waals surface area (Å²) in [4.78, 5) is 0. The van der Waals surface area contributed by atoms with Gasteiger partial charge in [0, 0.05) is 11.8 Å². The fraction of sp³-hybridized carbons (Fsp3) is 0.833. The minimum absolute atomic E-state index is 0.0127. The molecule has 3 aliphatic rings. The highest BCUT2D eigenvalue weighted by atomic mass is 19.4. The predicted octanol–water partition coefficient (Wildman–Crippen LogP) is 4.55. The molecule has 0 heterocycles. The third-order valence-corrected chi connectivity index (χ3v) is 4.76. The summed E-state index contributed by atoms with van der Waals surface area (Å²) in [5.41, 5.74) is 0. The normalized spacial score (nSPS) is 41.8. The van der Waals surface area contributed by atoms with E-state index in [2.05, 4.69) is 4.74 Å². The molecule has 0 amide bonds. The van der Waals surface area contributed by atoms with Gasteiger partial charge < -0.3 is 0 Å². The summed E-state index contributed by atoms with van der Waals surface area (Å²) in [5.74, 6) is -21.4. The summed E-state index contributed by atoms with van der Waals surface area (Å²) in [6, 6.07) is 0. The quantitative estimate of drug-likeness (QED) is 0.532. The molecule has 3 rings (SSSR count). The lowest BCUT2D eigenvalue weighted by Gasteiger charge is -2.56. The number of hydrogen-bond donors (Lipinski definition) is 0. The molecule has 132 valence electrons. The molecule has 3 unspecified atom stereocenters. The highest BCUT2D eigenvalue weighted by Gasteiger charge is 2.87. The van der Waals surface area contributed by atoms with E-state index in [1.54, 1.807) is 0 Å². The maximum atomic E-state index is 14.3. The lowest BCUT2D eigenvalue weighted by molar-refractivity contribution is -0.511. The molecular formula is C12H8F10O. The minimum Gasteiger partial charge on any atom is -0.271 e. The molecule has 5 atom stereocenters. The molecule has 0 aliphatic heterocycles. The van der Waals surface area contributed by atoms with Crippen molar-refractivity contribution in [2.24, 2.45) is 23.7 Å². The maximum absolute atomic E-state index is 14.3. The third-order valence-electron chi connectivity index (χ3n) is 4.76. The summed E-state index contributed by atoms with van der Waals surface area (Å²) in [6.07, 6.45) is -10.7. The largest absolute Gasteiger partial charge is 0.462 e. The molecular weight excluding hydrogens is 350 g/mol. The van der Waals surface area contributed by atoms with Gasteiger partial charge in [-0.05, 0) is 18.3 Å². The second-order valence-electron chi connectivity index (χ2n) is 5.96. The van der Waals surface area contributed by atoms with Gasteiger partial charge in [0.2, 0.25) is 0 Å². The van der Waals surface area contributed by atoms with Crippen LogP contribution in [0.25, 0.3) is 0 Å². The third kappa shape index (κ3) is 1.79. The predicted molar refractivity (Wildman–Crippen MR) is 53.5 cm³/mol. The molecule has 0 spiro atoms. The van der Waals surface area contributed by atoms with Gasteiger partial charge in [-0.3, -0.25) is 4.74 Å². The van der Waals surface area contributed by atoms with Crippen molar-refractivity contribution in [2.45, 2.75) is 36.4 Å². The monoisotopic (exact) mass is 358 g/mol. The van der Waals surface area contributed by atoms with Gasteiger partial charge in [-0.2, -0.15) is 39.5 Å². The van der Waals surface area contributed by atoms with Gasteiger partial charge in [-0.25, -0.2) is 4.39 Å². The van der Waals surface area contributed by atoms with Crippen LogP contribution in [0.3, 0.4) is 0 Å². The number of ether oxygens (including phenoxy) is 1. The molecule has 0 N–H and O–H groups in total. The average Bonchev–Trinajstić information content (AvgIpc) is 2.95. The smallest absolute Gasteiger partial charge is 0.271 e. The van der Waals surface area contributed by atoms with E-state index in [0.717, 1.165) is 0 Å². The Hall–Kier alpha value is -1.00. The van der Waals surface area contributed by atoms with Crippen LogP contribution in [-0.4, -0.2) is 30.0 Å². The molecule has 0 aromatic rings. The molecule has 1 nitrogen and oxygen atoms in total. The Kier molecular flexibility index (Phi) is 3.04. The zero-order valence-corrected chi connectivity index (χ0v) is 10.9. The SMILES string of the molecule is FC(F)(F)C(F)(F)C(F)(F)OC1(F)C2C([C@H]3C=C[C@@H]2C3)C1(F)F. The summed E-state index contributed by atoms with van der Waals surface area (Å²) in [5, 5.41) is 0. The van der Waals surface area contributed by atoms with Gasteiger partial charge >= 0.3 is 24.1 Å². The molecule has 2 fully saturated rings. The Balaban J connectivity index is 1.92. The number of allylic oxidation sites excluding steroid dienone is 2. The minimum atomic E-state index is -6.81. The molecule has 2 saturated carbocycles. The van der Waals surface area contributed by atoms with Gasteiger partial charge in [0.25, 0.3) is 5.85 Å². The van der Waals surface area contributed by atoms with Crippen LogP contribution in [0, 0.1) is 23.7 Å². The number of fused-ring (bicyclic) bond motifs is 5. The summed E-state index contributed by atoms with van der Waals surface area (Å²) in [7, 11) is 0. The molecule has 0 aromatic carbocycles. The van der Waals surface area contributed by atoms with Gasteiger partial charge in [0.15, 0.2) is 0 Å². The molecule has 0 aromatic heterocycles. The van der Waals surface area contributed by atoms with Crippen molar-refractivity contribution in [3.8, 4) is 0 Å². The standard InChI is InChI=1S/C12H8F10O/c13-8(14)6-4-1-2-5(3-4)7(6)9(8,15)23-12(21,22)10(16,17)11(18,19)20/h1-2,4-7H,3H2/t4-,5+,6?,7?,9?/m0/s1. The molecule has 2 bridgehead atoms. The van der Waals surface area contributed by atoms with Crippen molar-refractivity contribution in [2.75, 3.05) is 0 Å². The van der Waals surface area contributed by atoms with Crippen LogP contribution in [0.5, 0.6) is 0 Å². The van der Waals surface area contributed by atoms with E-state index in [-0.39, 0.29) is 6.42 Å². The van der Waals surface area contributed by atoms with E-state index in [0.29, 0.717) is 0 Å². The lowest BCUT2D eigenvalue weighted by Crippen LogP contribution is -2.74. The van der Waals surface area contributed by atoms with Gasteiger partial charge in [-0.15, -0.1) is 0 Å². The van der Waals surface area contributed by atoms with E-state index in [1.807, 2.05) is 0 Å². The van der Waals surface area contributed by atoms with E-state index in [1.165, 1.54) is 12.2 Å². The van der Waals surface area contributed by atoms with Crippen molar-refractivity contribution in [3.63, 3.8) is 0 Å². The highest BCUT2D eigenvalue weighted by Crippen LogP contribution is 2.72. The number of halogens is 10. The van der Waals surface area contributed by atoms with Gasteiger partial charge in [0.1, 0.15) is 0 Å². The number of alkyl halides is 10. The fourth-order valence-corrected chi connectivity index (χ4v) is 3.73. The van der Waals surface area contributed by atoms with Gasteiger partial charge in [-0.1, -0.05) is 12.2 Å². The molecule has 11 heteroatoms. The van der Waals surface area contributed by atoms with Crippen LogP contribution in [0.4, 0.5) is 43.9 Å². The molecule has 23 heavy (non-hydrogen) atoms.